The Bertz CT molecular complexity index is 198. The maximum Gasteiger partial charge on any atom is 0.251 e. The SMILES string of the molecule is CCC[n+]1c(C)c[nH]c1C.[Br-]. The summed E-state index contributed by atoms with van der Waals surface area (Å²) in [6.45, 7) is 7.54. The first-order valence-electron chi connectivity index (χ1n) is 3.80. The van der Waals surface area contributed by atoms with E-state index in [0.717, 1.165) is 6.54 Å². The second-order valence-electron chi connectivity index (χ2n) is 2.67. The molecule has 0 spiro atoms. The molecule has 0 radical (unpaired) electrons. The molecule has 0 unspecified atom stereocenters. The highest BCUT2D eigenvalue weighted by molar-refractivity contribution is 4.85. The smallest absolute Gasteiger partial charge is 0.251 e. The van der Waals surface area contributed by atoms with Crippen LogP contribution in [-0.4, -0.2) is 4.98 Å². The molecule has 1 N–H and O–H groups in total. The van der Waals surface area contributed by atoms with Crippen molar-refractivity contribution < 1.29 is 21.5 Å². The van der Waals surface area contributed by atoms with E-state index in [4.69, 9.17) is 0 Å². The summed E-state index contributed by atoms with van der Waals surface area (Å²) in [5, 5.41) is 0. The van der Waals surface area contributed by atoms with Crippen LogP contribution in [0.15, 0.2) is 6.20 Å². The molecular formula is C8H15BrN2. The van der Waals surface area contributed by atoms with Gasteiger partial charge in [-0.05, 0) is 6.42 Å². The van der Waals surface area contributed by atoms with Gasteiger partial charge in [0.05, 0.1) is 6.54 Å². The molecule has 3 heteroatoms. The number of aromatic nitrogens is 2. The first-order valence-corrected chi connectivity index (χ1v) is 3.80. The summed E-state index contributed by atoms with van der Waals surface area (Å²) in [7, 11) is 0. The highest BCUT2D eigenvalue weighted by atomic mass is 79.9. The van der Waals surface area contributed by atoms with Gasteiger partial charge in [0, 0.05) is 13.8 Å². The summed E-state index contributed by atoms with van der Waals surface area (Å²) in [6.07, 6.45) is 3.25. The minimum absolute atomic E-state index is 0. The topological polar surface area (TPSA) is 19.7 Å². The molecule has 1 aromatic heterocycles. The van der Waals surface area contributed by atoms with Crippen LogP contribution in [0.2, 0.25) is 0 Å². The van der Waals surface area contributed by atoms with Gasteiger partial charge in [0.25, 0.3) is 5.82 Å². The monoisotopic (exact) mass is 218 g/mol. The molecule has 0 saturated heterocycles. The van der Waals surface area contributed by atoms with Crippen LogP contribution in [0, 0.1) is 13.8 Å². The van der Waals surface area contributed by atoms with Crippen molar-refractivity contribution in [2.45, 2.75) is 33.7 Å². The Morgan fingerprint density at radius 3 is 2.45 bits per heavy atom. The molecule has 11 heavy (non-hydrogen) atoms. The predicted molar refractivity (Wildman–Crippen MR) is 40.8 cm³/mol. The van der Waals surface area contributed by atoms with E-state index >= 15 is 0 Å². The molecule has 2 nitrogen and oxygen atoms in total. The summed E-state index contributed by atoms with van der Waals surface area (Å²) in [4.78, 5) is 3.18. The number of imidazole rings is 1. The fraction of sp³-hybridized carbons (Fsp3) is 0.625. The number of hydrogen-bond donors (Lipinski definition) is 1. The molecule has 0 atom stereocenters. The number of hydrogen-bond acceptors (Lipinski definition) is 0. The van der Waals surface area contributed by atoms with Gasteiger partial charge in [-0.3, -0.25) is 0 Å². The standard InChI is InChI=1S/C8H14N2.BrH/c1-4-5-10-7(2)6-9-8(10)3;/h6H,4-5H2,1-3H3;1H. The molecule has 0 amide bonds. The van der Waals surface area contributed by atoms with Gasteiger partial charge in [-0.15, -0.1) is 0 Å². The fourth-order valence-corrected chi connectivity index (χ4v) is 1.20. The average Bonchev–Trinajstić information content (AvgIpc) is 2.20. The molecule has 0 saturated carbocycles. The van der Waals surface area contributed by atoms with Crippen LogP contribution in [-0.2, 0) is 6.54 Å². The molecule has 0 aromatic carbocycles. The molecule has 0 aliphatic heterocycles. The molecule has 0 bridgehead atoms. The van der Waals surface area contributed by atoms with E-state index in [-0.39, 0.29) is 17.0 Å². The van der Waals surface area contributed by atoms with Crippen molar-refractivity contribution in [3.63, 3.8) is 0 Å². The van der Waals surface area contributed by atoms with Gasteiger partial charge in [0.1, 0.15) is 11.9 Å². The third-order valence-corrected chi connectivity index (χ3v) is 1.77. The van der Waals surface area contributed by atoms with E-state index in [1.807, 2.05) is 6.20 Å². The number of H-pyrrole nitrogens is 1. The van der Waals surface area contributed by atoms with E-state index in [2.05, 4.69) is 30.3 Å². The number of halogens is 1. The minimum Gasteiger partial charge on any atom is -1.00 e. The Morgan fingerprint density at radius 2 is 2.09 bits per heavy atom. The first-order chi connectivity index (χ1) is 4.75. The Kier molecular flexibility index (Phi) is 4.42. The van der Waals surface area contributed by atoms with Gasteiger partial charge in [-0.1, -0.05) is 6.92 Å². The minimum atomic E-state index is 0. The highest BCUT2D eigenvalue weighted by Crippen LogP contribution is 1.91. The molecule has 1 aromatic rings. The van der Waals surface area contributed by atoms with Crippen LogP contribution in [0.3, 0.4) is 0 Å². The van der Waals surface area contributed by atoms with Crippen LogP contribution in [0.25, 0.3) is 0 Å². The molecule has 0 fully saturated rings. The second-order valence-corrected chi connectivity index (χ2v) is 2.67. The molecular weight excluding hydrogens is 204 g/mol. The maximum atomic E-state index is 3.18. The summed E-state index contributed by atoms with van der Waals surface area (Å²) >= 11 is 0. The number of aromatic amines is 1. The summed E-state index contributed by atoms with van der Waals surface area (Å²) in [5.74, 6) is 1.25. The van der Waals surface area contributed by atoms with Gasteiger partial charge in [-0.25, -0.2) is 9.55 Å². The largest absolute Gasteiger partial charge is 1.00 e. The molecule has 0 aliphatic carbocycles. The lowest BCUT2D eigenvalue weighted by molar-refractivity contribution is -0.707. The van der Waals surface area contributed by atoms with Gasteiger partial charge in [0.15, 0.2) is 0 Å². The second kappa shape index (κ2) is 4.54. The van der Waals surface area contributed by atoms with Crippen molar-refractivity contribution in [2.75, 3.05) is 0 Å². The summed E-state index contributed by atoms with van der Waals surface area (Å²) < 4.78 is 2.29. The summed E-state index contributed by atoms with van der Waals surface area (Å²) in [6, 6.07) is 0. The molecule has 1 heterocycles. The highest BCUT2D eigenvalue weighted by Gasteiger charge is 2.07. The molecule has 1 rings (SSSR count). The zero-order chi connectivity index (χ0) is 7.56. The van der Waals surface area contributed by atoms with Gasteiger partial charge >= 0.3 is 0 Å². The van der Waals surface area contributed by atoms with Crippen molar-refractivity contribution in [1.82, 2.24) is 4.98 Å². The number of nitrogens with one attached hydrogen (secondary N) is 1. The lowest BCUT2D eigenvalue weighted by atomic mass is 10.4. The third kappa shape index (κ3) is 2.33. The van der Waals surface area contributed by atoms with E-state index in [0.29, 0.717) is 0 Å². The van der Waals surface area contributed by atoms with Crippen LogP contribution >= 0.6 is 0 Å². The number of aryl methyl sites for hydroxylation is 2. The van der Waals surface area contributed by atoms with Crippen molar-refractivity contribution in [3.05, 3.63) is 17.7 Å². The quantitative estimate of drug-likeness (QED) is 0.574. The molecule has 64 valence electrons. The van der Waals surface area contributed by atoms with Crippen molar-refractivity contribution in [2.24, 2.45) is 0 Å². The van der Waals surface area contributed by atoms with E-state index < -0.39 is 0 Å². The molecule has 0 aliphatic rings. The Labute approximate surface area is 78.4 Å². The average molecular weight is 219 g/mol. The predicted octanol–water partition coefficient (Wildman–Crippen LogP) is -1.67. The van der Waals surface area contributed by atoms with Crippen molar-refractivity contribution >= 4 is 0 Å². The normalized spacial score (nSPS) is 9.36. The lowest BCUT2D eigenvalue weighted by Gasteiger charge is -1.95. The zero-order valence-corrected chi connectivity index (χ0v) is 8.90. The van der Waals surface area contributed by atoms with Crippen molar-refractivity contribution in [1.29, 1.82) is 0 Å². The number of nitrogens with zero attached hydrogens (tertiary/aromatic N) is 1. The fourth-order valence-electron chi connectivity index (χ4n) is 1.20. The summed E-state index contributed by atoms with van der Waals surface area (Å²) in [5.41, 5.74) is 1.32. The van der Waals surface area contributed by atoms with Crippen LogP contribution in [0.5, 0.6) is 0 Å². The number of rotatable bonds is 2. The van der Waals surface area contributed by atoms with Crippen LogP contribution in [0.1, 0.15) is 24.9 Å². The Morgan fingerprint density at radius 1 is 1.45 bits per heavy atom. The van der Waals surface area contributed by atoms with E-state index in [1.54, 1.807) is 0 Å². The van der Waals surface area contributed by atoms with E-state index in [9.17, 15) is 0 Å². The Hall–Kier alpha value is -0.310. The zero-order valence-electron chi connectivity index (χ0n) is 7.32. The Balaban J connectivity index is 0.000001000. The van der Waals surface area contributed by atoms with Crippen molar-refractivity contribution in [3.8, 4) is 0 Å². The lowest BCUT2D eigenvalue weighted by Crippen LogP contribution is -3.00. The third-order valence-electron chi connectivity index (χ3n) is 1.77. The van der Waals surface area contributed by atoms with Crippen LogP contribution < -0.4 is 21.5 Å². The van der Waals surface area contributed by atoms with E-state index in [1.165, 1.54) is 17.9 Å². The van der Waals surface area contributed by atoms with Crippen LogP contribution in [0.4, 0.5) is 0 Å². The van der Waals surface area contributed by atoms with Gasteiger partial charge in [0.2, 0.25) is 0 Å². The first kappa shape index (κ1) is 10.7. The van der Waals surface area contributed by atoms with Gasteiger partial charge < -0.3 is 17.0 Å². The maximum absolute atomic E-state index is 3.18. The van der Waals surface area contributed by atoms with Gasteiger partial charge in [-0.2, -0.15) is 0 Å².